The summed E-state index contributed by atoms with van der Waals surface area (Å²) < 4.78 is 0. The predicted octanol–water partition coefficient (Wildman–Crippen LogP) is 5.20. The molecule has 3 atom stereocenters. The molecule has 15 heavy (non-hydrogen) atoms. The molecule has 0 aliphatic heterocycles. The number of hydrogen-bond donors (Lipinski definition) is 0. The summed E-state index contributed by atoms with van der Waals surface area (Å²) in [6, 6.07) is 0. The molecule has 0 amide bonds. The fraction of sp³-hybridized carbons (Fsp3) is 0.867. The lowest BCUT2D eigenvalue weighted by Crippen LogP contribution is -2.22. The molecule has 1 aliphatic carbocycles. The minimum absolute atomic E-state index is 0.903. The smallest absolute Gasteiger partial charge is 0.0206 e. The van der Waals surface area contributed by atoms with E-state index in [4.69, 9.17) is 0 Å². The van der Waals surface area contributed by atoms with Crippen molar-refractivity contribution < 1.29 is 0 Å². The molecule has 1 fully saturated rings. The summed E-state index contributed by atoms with van der Waals surface area (Å²) in [6.45, 7) is 9.33. The Morgan fingerprint density at radius 3 is 2.60 bits per heavy atom. The zero-order valence-electron chi connectivity index (χ0n) is 11.1. The van der Waals surface area contributed by atoms with E-state index in [1.807, 2.05) is 0 Å². The third-order valence-electron chi connectivity index (χ3n) is 4.32. The summed E-state index contributed by atoms with van der Waals surface area (Å²) in [6.07, 6.45) is 10.8. The second-order valence-electron chi connectivity index (χ2n) is 5.28. The highest BCUT2D eigenvalue weighted by Gasteiger charge is 2.26. The predicted molar refractivity (Wildman–Crippen MR) is 69.0 cm³/mol. The number of hydrogen-bond acceptors (Lipinski definition) is 0. The summed E-state index contributed by atoms with van der Waals surface area (Å²) in [5.41, 5.74) is 1.75. The van der Waals surface area contributed by atoms with Crippen LogP contribution >= 0.6 is 0 Å². The summed E-state index contributed by atoms with van der Waals surface area (Å²) in [5, 5.41) is 0. The second-order valence-corrected chi connectivity index (χ2v) is 5.28. The quantitative estimate of drug-likeness (QED) is 0.557. The lowest BCUT2D eigenvalue weighted by Gasteiger charge is -2.34. The maximum absolute atomic E-state index is 2.45. The van der Waals surface area contributed by atoms with E-state index in [1.165, 1.54) is 38.5 Å². The van der Waals surface area contributed by atoms with E-state index in [2.05, 4.69) is 33.8 Å². The van der Waals surface area contributed by atoms with Crippen molar-refractivity contribution in [2.24, 2.45) is 17.8 Å². The Kier molecular flexibility index (Phi) is 5.42. The van der Waals surface area contributed by atoms with Crippen LogP contribution in [0.1, 0.15) is 66.2 Å². The molecule has 3 unspecified atom stereocenters. The Morgan fingerprint density at radius 1 is 1.33 bits per heavy atom. The molecule has 0 heteroatoms. The Balaban J connectivity index is 2.53. The Bertz CT molecular complexity index is 202. The molecule has 0 radical (unpaired) electrons. The van der Waals surface area contributed by atoms with Crippen molar-refractivity contribution in [3.05, 3.63) is 11.6 Å². The van der Waals surface area contributed by atoms with Crippen molar-refractivity contribution in [3.63, 3.8) is 0 Å². The van der Waals surface area contributed by atoms with Gasteiger partial charge in [-0.3, -0.25) is 0 Å². The van der Waals surface area contributed by atoms with Gasteiger partial charge in [-0.2, -0.15) is 0 Å². The normalized spacial score (nSPS) is 31.9. The van der Waals surface area contributed by atoms with E-state index in [-0.39, 0.29) is 0 Å². The van der Waals surface area contributed by atoms with E-state index >= 15 is 0 Å². The Labute approximate surface area is 96.2 Å². The van der Waals surface area contributed by atoms with Crippen LogP contribution in [0.5, 0.6) is 0 Å². The van der Waals surface area contributed by atoms with Crippen LogP contribution in [0, 0.1) is 17.8 Å². The highest BCUT2D eigenvalue weighted by atomic mass is 14.3. The maximum atomic E-state index is 2.45. The van der Waals surface area contributed by atoms with Crippen LogP contribution in [0.2, 0.25) is 0 Å². The van der Waals surface area contributed by atoms with E-state index in [1.54, 1.807) is 5.57 Å². The van der Waals surface area contributed by atoms with E-state index in [9.17, 15) is 0 Å². The molecule has 0 saturated heterocycles. The van der Waals surface area contributed by atoms with Gasteiger partial charge in [-0.15, -0.1) is 0 Å². The average Bonchev–Trinajstić information content (AvgIpc) is 2.28. The summed E-state index contributed by atoms with van der Waals surface area (Å²) in [4.78, 5) is 0. The van der Waals surface area contributed by atoms with Crippen LogP contribution in [0.15, 0.2) is 11.6 Å². The maximum Gasteiger partial charge on any atom is -0.0206 e. The highest BCUT2D eigenvalue weighted by Crippen LogP contribution is 2.39. The summed E-state index contributed by atoms with van der Waals surface area (Å²) in [5.74, 6) is 2.81. The van der Waals surface area contributed by atoms with Crippen molar-refractivity contribution in [2.75, 3.05) is 0 Å². The van der Waals surface area contributed by atoms with Crippen LogP contribution in [0.3, 0.4) is 0 Å². The first kappa shape index (κ1) is 12.8. The molecule has 0 nitrogen and oxygen atoms in total. The molecule has 0 aromatic heterocycles. The highest BCUT2D eigenvalue weighted by molar-refractivity contribution is 5.09. The third-order valence-corrected chi connectivity index (χ3v) is 4.32. The van der Waals surface area contributed by atoms with Crippen LogP contribution in [-0.4, -0.2) is 0 Å². The van der Waals surface area contributed by atoms with Crippen LogP contribution in [0.4, 0.5) is 0 Å². The molecule has 88 valence electrons. The van der Waals surface area contributed by atoms with Gasteiger partial charge in [0.1, 0.15) is 0 Å². The fourth-order valence-corrected chi connectivity index (χ4v) is 3.17. The van der Waals surface area contributed by atoms with E-state index in [0.29, 0.717) is 0 Å². The van der Waals surface area contributed by atoms with Gasteiger partial charge in [-0.25, -0.2) is 0 Å². The van der Waals surface area contributed by atoms with Gasteiger partial charge >= 0.3 is 0 Å². The lowest BCUT2D eigenvalue weighted by molar-refractivity contribution is 0.251. The van der Waals surface area contributed by atoms with E-state index < -0.39 is 0 Å². The summed E-state index contributed by atoms with van der Waals surface area (Å²) >= 11 is 0. The minimum atomic E-state index is 0.903. The zero-order valence-corrected chi connectivity index (χ0v) is 11.1. The molecule has 0 aromatic rings. The molecule has 0 N–H and O–H groups in total. The minimum Gasteiger partial charge on any atom is -0.0882 e. The zero-order chi connectivity index (χ0) is 11.3. The van der Waals surface area contributed by atoms with E-state index in [0.717, 1.165) is 17.8 Å². The van der Waals surface area contributed by atoms with Crippen molar-refractivity contribution in [1.29, 1.82) is 0 Å². The lowest BCUT2D eigenvalue weighted by atomic mass is 9.72. The molecular formula is C15H28. The van der Waals surface area contributed by atoms with Gasteiger partial charge in [-0.05, 0) is 50.4 Å². The van der Waals surface area contributed by atoms with Gasteiger partial charge in [0.2, 0.25) is 0 Å². The molecule has 0 aromatic carbocycles. The van der Waals surface area contributed by atoms with Crippen molar-refractivity contribution in [2.45, 2.75) is 66.2 Å². The van der Waals surface area contributed by atoms with Crippen molar-refractivity contribution >= 4 is 0 Å². The van der Waals surface area contributed by atoms with Crippen LogP contribution < -0.4 is 0 Å². The molecular weight excluding hydrogens is 180 g/mol. The molecule has 1 aliphatic rings. The van der Waals surface area contributed by atoms with Gasteiger partial charge in [0.05, 0.1) is 0 Å². The Hall–Kier alpha value is -0.260. The van der Waals surface area contributed by atoms with Crippen molar-refractivity contribution in [3.8, 4) is 0 Å². The Morgan fingerprint density at radius 2 is 2.07 bits per heavy atom. The van der Waals surface area contributed by atoms with Gasteiger partial charge in [0, 0.05) is 0 Å². The molecule has 0 heterocycles. The standard InChI is InChI=1S/C15H28/c1-5-8-12(4)15-10-9-13(6-2)14(7-3)11-15/h7,12-13,15H,5-6,8-11H2,1-4H3/b14-7-. The third kappa shape index (κ3) is 3.36. The molecule has 0 bridgehead atoms. The van der Waals surface area contributed by atoms with Crippen LogP contribution in [-0.2, 0) is 0 Å². The number of allylic oxidation sites excluding steroid dienone is 2. The molecule has 0 spiro atoms. The molecule has 1 rings (SSSR count). The summed E-state index contributed by atoms with van der Waals surface area (Å²) in [7, 11) is 0. The molecule has 1 saturated carbocycles. The van der Waals surface area contributed by atoms with Gasteiger partial charge < -0.3 is 0 Å². The topological polar surface area (TPSA) is 0 Å². The van der Waals surface area contributed by atoms with Gasteiger partial charge in [-0.1, -0.05) is 45.3 Å². The SMILES string of the molecule is C/C=C1/CC(C(C)CCC)CCC1CC. The first-order chi connectivity index (χ1) is 7.22. The first-order valence-electron chi connectivity index (χ1n) is 6.87. The van der Waals surface area contributed by atoms with Crippen molar-refractivity contribution in [1.82, 2.24) is 0 Å². The van der Waals surface area contributed by atoms with Crippen LogP contribution in [0.25, 0.3) is 0 Å². The second kappa shape index (κ2) is 6.35. The van der Waals surface area contributed by atoms with Gasteiger partial charge in [0.15, 0.2) is 0 Å². The first-order valence-corrected chi connectivity index (χ1v) is 6.87. The fourth-order valence-electron chi connectivity index (χ4n) is 3.17. The monoisotopic (exact) mass is 208 g/mol. The largest absolute Gasteiger partial charge is 0.0882 e. The number of rotatable bonds is 4. The average molecular weight is 208 g/mol. The van der Waals surface area contributed by atoms with Gasteiger partial charge in [0.25, 0.3) is 0 Å².